The minimum absolute atomic E-state index is 0.0956. The molecular weight excluding hydrogens is 466 g/mol. The van der Waals surface area contributed by atoms with Crippen LogP contribution in [0.4, 0.5) is 13.6 Å². The average Bonchev–Trinajstić information content (AvgIpc) is 3.50. The minimum atomic E-state index is -3.07. The second-order valence-electron chi connectivity index (χ2n) is 11.0. The Bertz CT molecular complexity index is 822. The Hall–Kier alpha value is -2.50. The zero-order valence-corrected chi connectivity index (χ0v) is 21.0. The summed E-state index contributed by atoms with van der Waals surface area (Å²) in [4.78, 5) is 51.5. The molecule has 35 heavy (non-hydrogen) atoms. The van der Waals surface area contributed by atoms with Gasteiger partial charge in [0, 0.05) is 20.0 Å². The lowest BCUT2D eigenvalue weighted by atomic mass is 9.82. The van der Waals surface area contributed by atoms with Crippen LogP contribution in [0.1, 0.15) is 66.2 Å². The maximum atomic E-state index is 13.5. The van der Waals surface area contributed by atoms with Crippen LogP contribution in [-0.2, 0) is 14.4 Å². The van der Waals surface area contributed by atoms with Crippen LogP contribution in [0.2, 0.25) is 0 Å². The second-order valence-corrected chi connectivity index (χ2v) is 11.0. The number of amides is 4. The summed E-state index contributed by atoms with van der Waals surface area (Å²) < 4.78 is 27.0. The summed E-state index contributed by atoms with van der Waals surface area (Å²) in [5.74, 6) is -5.12. The van der Waals surface area contributed by atoms with Gasteiger partial charge in [-0.3, -0.25) is 14.4 Å². The van der Waals surface area contributed by atoms with Crippen molar-refractivity contribution in [2.24, 2.45) is 10.8 Å². The van der Waals surface area contributed by atoms with Crippen LogP contribution in [-0.4, -0.2) is 82.7 Å². The van der Waals surface area contributed by atoms with E-state index in [-0.39, 0.29) is 18.4 Å². The number of aliphatic hydroxyl groups excluding tert-OH is 1. The third-order valence-corrected chi connectivity index (χ3v) is 6.93. The quantitative estimate of drug-likeness (QED) is 0.321. The molecule has 2 fully saturated rings. The number of aliphatic hydroxyl groups is 1. The van der Waals surface area contributed by atoms with Gasteiger partial charge in [0.15, 0.2) is 6.10 Å². The molecule has 4 atom stereocenters. The lowest BCUT2D eigenvalue weighted by Crippen LogP contribution is -2.63. The fourth-order valence-corrected chi connectivity index (χ4v) is 4.53. The summed E-state index contributed by atoms with van der Waals surface area (Å²) in [5.41, 5.74) is -0.878. The Kier molecular flexibility index (Phi) is 8.73. The Balaban J connectivity index is 2.30. The molecule has 2 aliphatic rings. The van der Waals surface area contributed by atoms with E-state index in [0.717, 1.165) is 12.8 Å². The van der Waals surface area contributed by atoms with Gasteiger partial charge < -0.3 is 31.1 Å². The van der Waals surface area contributed by atoms with E-state index in [9.17, 15) is 38.2 Å². The van der Waals surface area contributed by atoms with Gasteiger partial charge in [0.2, 0.25) is 17.7 Å². The summed E-state index contributed by atoms with van der Waals surface area (Å²) >= 11 is 0. The van der Waals surface area contributed by atoms with Crippen molar-refractivity contribution in [3.63, 3.8) is 0 Å². The molecule has 2 rings (SSSR count). The standard InChI is InChI=1S/C23H38F2N4O6/c1-21(2,3)16(28-20(34)35)19(33)29-11-10-23(8-9-23)12-14(29)17(31)27-13(6-7-22(4,24)25)15(30)18(32)26-5/h13-16,28,30H,6-12H2,1-5H3,(H,26,32)(H,27,31)(H,34,35)/t13-,14-,15?,16+/m0/s1. The fourth-order valence-electron chi connectivity index (χ4n) is 4.53. The van der Waals surface area contributed by atoms with Crippen LogP contribution >= 0.6 is 0 Å². The lowest BCUT2D eigenvalue weighted by molar-refractivity contribution is -0.148. The van der Waals surface area contributed by atoms with Crippen LogP contribution in [0.15, 0.2) is 0 Å². The summed E-state index contributed by atoms with van der Waals surface area (Å²) in [7, 11) is 1.28. The first kappa shape index (κ1) is 28.7. The predicted molar refractivity (Wildman–Crippen MR) is 123 cm³/mol. The maximum absolute atomic E-state index is 13.5. The van der Waals surface area contributed by atoms with Crippen LogP contribution in [0.5, 0.6) is 0 Å². The average molecular weight is 505 g/mol. The molecule has 10 nitrogen and oxygen atoms in total. The second kappa shape index (κ2) is 10.6. The van der Waals surface area contributed by atoms with Crippen molar-refractivity contribution in [1.82, 2.24) is 20.9 Å². The fraction of sp³-hybridized carbons (Fsp3) is 0.826. The first-order valence-corrected chi connectivity index (χ1v) is 11.9. The van der Waals surface area contributed by atoms with E-state index in [4.69, 9.17) is 0 Å². The van der Waals surface area contributed by atoms with Gasteiger partial charge in [-0.15, -0.1) is 0 Å². The molecule has 5 N–H and O–H groups in total. The van der Waals surface area contributed by atoms with Gasteiger partial charge in [0.1, 0.15) is 12.1 Å². The van der Waals surface area contributed by atoms with Crippen molar-refractivity contribution >= 4 is 23.8 Å². The van der Waals surface area contributed by atoms with E-state index in [0.29, 0.717) is 19.8 Å². The molecule has 0 bridgehead atoms. The zero-order chi connectivity index (χ0) is 26.8. The van der Waals surface area contributed by atoms with Crippen molar-refractivity contribution in [1.29, 1.82) is 0 Å². The largest absolute Gasteiger partial charge is 0.465 e. The monoisotopic (exact) mass is 504 g/mol. The number of rotatable bonds is 9. The number of hydrogen-bond acceptors (Lipinski definition) is 5. The van der Waals surface area contributed by atoms with Gasteiger partial charge in [0.05, 0.1) is 6.04 Å². The smallest absolute Gasteiger partial charge is 0.405 e. The van der Waals surface area contributed by atoms with E-state index in [1.165, 1.54) is 11.9 Å². The molecule has 0 aromatic carbocycles. The van der Waals surface area contributed by atoms with E-state index >= 15 is 0 Å². The first-order chi connectivity index (χ1) is 16.0. The summed E-state index contributed by atoms with van der Waals surface area (Å²) in [6.45, 7) is 6.05. The van der Waals surface area contributed by atoms with E-state index in [1.54, 1.807) is 20.8 Å². The molecule has 1 saturated heterocycles. The molecule has 1 spiro atoms. The van der Waals surface area contributed by atoms with Gasteiger partial charge in [0.25, 0.3) is 5.91 Å². The van der Waals surface area contributed by atoms with Crippen molar-refractivity contribution in [2.45, 2.75) is 96.4 Å². The molecule has 0 aromatic rings. The first-order valence-electron chi connectivity index (χ1n) is 11.9. The highest BCUT2D eigenvalue weighted by atomic mass is 19.3. The number of hydrogen-bond donors (Lipinski definition) is 5. The zero-order valence-electron chi connectivity index (χ0n) is 21.0. The number of nitrogens with zero attached hydrogens (tertiary/aromatic N) is 1. The number of alkyl halides is 2. The van der Waals surface area contributed by atoms with Crippen molar-refractivity contribution in [2.75, 3.05) is 13.6 Å². The highest BCUT2D eigenvalue weighted by Gasteiger charge is 2.52. The molecular formula is C23H38F2N4O6. The molecule has 4 amide bonds. The lowest BCUT2D eigenvalue weighted by Gasteiger charge is -2.43. The molecule has 0 aromatic heterocycles. The van der Waals surface area contributed by atoms with Crippen LogP contribution in [0.25, 0.3) is 0 Å². The summed E-state index contributed by atoms with van der Waals surface area (Å²) in [6.07, 6.45) is -1.38. The van der Waals surface area contributed by atoms with Gasteiger partial charge in [-0.25, -0.2) is 13.6 Å². The minimum Gasteiger partial charge on any atom is -0.465 e. The Morgan fingerprint density at radius 3 is 2.14 bits per heavy atom. The molecule has 1 aliphatic heterocycles. The number of likely N-dealkylation sites (tertiary alicyclic amines) is 1. The van der Waals surface area contributed by atoms with Crippen LogP contribution in [0.3, 0.4) is 0 Å². The number of likely N-dealkylation sites (N-methyl/N-ethyl adjacent to an activating group) is 1. The maximum Gasteiger partial charge on any atom is 0.405 e. The Labute approximate surface area is 204 Å². The van der Waals surface area contributed by atoms with Gasteiger partial charge in [-0.1, -0.05) is 20.8 Å². The Morgan fingerprint density at radius 2 is 1.69 bits per heavy atom. The molecule has 0 radical (unpaired) electrons. The van der Waals surface area contributed by atoms with Gasteiger partial charge in [-0.2, -0.15) is 0 Å². The van der Waals surface area contributed by atoms with E-state index < -0.39 is 65.8 Å². The van der Waals surface area contributed by atoms with E-state index in [2.05, 4.69) is 16.0 Å². The number of nitrogens with one attached hydrogen (secondary N) is 3. The van der Waals surface area contributed by atoms with Crippen molar-refractivity contribution in [3.05, 3.63) is 0 Å². The van der Waals surface area contributed by atoms with Gasteiger partial charge in [-0.05, 0) is 49.9 Å². The topological polar surface area (TPSA) is 148 Å². The summed E-state index contributed by atoms with van der Waals surface area (Å²) in [6, 6.07) is -3.40. The summed E-state index contributed by atoms with van der Waals surface area (Å²) in [5, 5.41) is 26.6. The van der Waals surface area contributed by atoms with Crippen molar-refractivity contribution < 1.29 is 38.2 Å². The molecule has 1 saturated carbocycles. The molecule has 1 aliphatic carbocycles. The van der Waals surface area contributed by atoms with Crippen LogP contribution in [0, 0.1) is 10.8 Å². The number of carbonyl (C=O) groups is 4. The number of piperidine rings is 1. The normalized spacial score (nSPS) is 22.1. The number of carbonyl (C=O) groups excluding carboxylic acids is 3. The number of halogens is 2. The van der Waals surface area contributed by atoms with E-state index in [1.807, 2.05) is 0 Å². The number of carboxylic acid groups (broad SMARTS) is 1. The molecule has 1 heterocycles. The third-order valence-electron chi connectivity index (χ3n) is 6.93. The molecule has 12 heteroatoms. The third kappa shape index (κ3) is 7.74. The molecule has 1 unspecified atom stereocenters. The predicted octanol–water partition coefficient (Wildman–Crippen LogP) is 1.47. The highest BCUT2D eigenvalue weighted by Crippen LogP contribution is 2.55. The van der Waals surface area contributed by atoms with Crippen molar-refractivity contribution in [3.8, 4) is 0 Å². The highest BCUT2D eigenvalue weighted by molar-refractivity contribution is 5.92. The SMILES string of the molecule is CNC(=O)C(O)[C@H](CCC(C)(F)F)NC(=O)[C@@H]1CC2(CCN1C(=O)[C@@H](NC(=O)O)C(C)(C)C)CC2. The molecule has 200 valence electrons. The Morgan fingerprint density at radius 1 is 1.09 bits per heavy atom. The van der Waals surface area contributed by atoms with Crippen LogP contribution < -0.4 is 16.0 Å². The van der Waals surface area contributed by atoms with Gasteiger partial charge >= 0.3 is 6.09 Å².